The van der Waals surface area contributed by atoms with Crippen molar-refractivity contribution in [3.05, 3.63) is 64.7 Å². The topological polar surface area (TPSA) is 91.0 Å². The van der Waals surface area contributed by atoms with Crippen LogP contribution in [0.15, 0.2) is 42.5 Å². The first-order valence-corrected chi connectivity index (χ1v) is 12.5. The second-order valence-corrected chi connectivity index (χ2v) is 9.99. The van der Waals surface area contributed by atoms with E-state index in [4.69, 9.17) is 4.74 Å². The van der Waals surface area contributed by atoms with Gasteiger partial charge in [0.1, 0.15) is 6.04 Å². The molecule has 182 valence electrons. The molecule has 2 fully saturated rings. The monoisotopic (exact) mass is 474 g/mol. The van der Waals surface area contributed by atoms with E-state index in [1.807, 2.05) is 12.1 Å². The number of nitrogens with one attached hydrogen (secondary N) is 2. The predicted octanol–water partition coefficient (Wildman–Crippen LogP) is 2.25. The van der Waals surface area contributed by atoms with Gasteiger partial charge in [0.05, 0.1) is 13.2 Å². The van der Waals surface area contributed by atoms with Crippen molar-refractivity contribution in [3.8, 4) is 0 Å². The number of ether oxygens (including phenoxy) is 1. The third kappa shape index (κ3) is 4.21. The lowest BCUT2D eigenvalue weighted by Crippen LogP contribution is -2.52. The largest absolute Gasteiger partial charge is 0.384 e. The summed E-state index contributed by atoms with van der Waals surface area (Å²) in [7, 11) is 0. The van der Waals surface area contributed by atoms with Crippen LogP contribution in [0.3, 0.4) is 0 Å². The number of carbonyl (C=O) groups excluding carboxylic acids is 3. The lowest BCUT2D eigenvalue weighted by molar-refractivity contribution is -0.136. The highest BCUT2D eigenvalue weighted by Gasteiger charge is 2.39. The van der Waals surface area contributed by atoms with Crippen molar-refractivity contribution in [2.45, 2.75) is 50.4 Å². The quantitative estimate of drug-likeness (QED) is 0.646. The first-order valence-electron chi connectivity index (χ1n) is 12.5. The molecule has 4 aliphatic heterocycles. The second kappa shape index (κ2) is 9.09. The molecule has 0 aromatic heterocycles. The smallest absolute Gasteiger partial charge is 0.255 e. The van der Waals surface area contributed by atoms with Crippen LogP contribution in [0.1, 0.15) is 52.2 Å². The molecule has 3 unspecified atom stereocenters. The van der Waals surface area contributed by atoms with Crippen LogP contribution >= 0.6 is 0 Å². The lowest BCUT2D eigenvalue weighted by atomic mass is 9.92. The summed E-state index contributed by atoms with van der Waals surface area (Å²) in [6, 6.07) is 14.4. The summed E-state index contributed by atoms with van der Waals surface area (Å²) in [5.74, 6) is -0.302. The number of carbonyl (C=O) groups is 3. The van der Waals surface area contributed by atoms with Gasteiger partial charge < -0.3 is 15.0 Å². The molecule has 2 N–H and O–H groups in total. The minimum Gasteiger partial charge on any atom is -0.384 e. The molecule has 2 aromatic rings. The van der Waals surface area contributed by atoms with E-state index in [0.717, 1.165) is 37.2 Å². The summed E-state index contributed by atoms with van der Waals surface area (Å²) >= 11 is 0. The van der Waals surface area contributed by atoms with Crippen molar-refractivity contribution >= 4 is 23.4 Å². The minimum absolute atomic E-state index is 0.122. The molecule has 0 bridgehead atoms. The summed E-state index contributed by atoms with van der Waals surface area (Å²) in [5.41, 5.74) is 5.33. The van der Waals surface area contributed by atoms with Crippen LogP contribution in [-0.2, 0) is 27.4 Å². The summed E-state index contributed by atoms with van der Waals surface area (Å²) in [6.45, 7) is 4.41. The predicted molar refractivity (Wildman–Crippen MR) is 130 cm³/mol. The fourth-order valence-electron chi connectivity index (χ4n) is 5.94. The highest BCUT2D eigenvalue weighted by Crippen LogP contribution is 2.36. The fourth-order valence-corrected chi connectivity index (χ4v) is 5.94. The minimum atomic E-state index is -0.581. The molecule has 6 rings (SSSR count). The number of benzene rings is 2. The van der Waals surface area contributed by atoms with E-state index in [0.29, 0.717) is 43.7 Å². The molecule has 0 saturated carbocycles. The Morgan fingerprint density at radius 1 is 1.09 bits per heavy atom. The van der Waals surface area contributed by atoms with Gasteiger partial charge in [0.25, 0.3) is 5.91 Å². The molecule has 8 heteroatoms. The maximum Gasteiger partial charge on any atom is 0.255 e. The number of rotatable bonds is 5. The van der Waals surface area contributed by atoms with Crippen LogP contribution in [0.4, 0.5) is 5.69 Å². The Hall–Kier alpha value is -3.23. The van der Waals surface area contributed by atoms with Gasteiger partial charge >= 0.3 is 0 Å². The SMILES string of the molecule is O=C1CCC(N2Cc3ccc(CN4CCOCC4CC4CNc5ccccc54)cc3C2=O)C(=O)N1. The van der Waals surface area contributed by atoms with Crippen LogP contribution in [-0.4, -0.2) is 65.9 Å². The third-order valence-electron chi connectivity index (χ3n) is 7.82. The van der Waals surface area contributed by atoms with E-state index in [-0.39, 0.29) is 24.1 Å². The molecule has 3 atom stereocenters. The number of piperidine rings is 1. The van der Waals surface area contributed by atoms with Crippen molar-refractivity contribution in [2.24, 2.45) is 0 Å². The first-order chi connectivity index (χ1) is 17.1. The Labute approximate surface area is 204 Å². The maximum absolute atomic E-state index is 13.2. The Balaban J connectivity index is 1.15. The first kappa shape index (κ1) is 22.2. The van der Waals surface area contributed by atoms with Crippen LogP contribution in [0, 0.1) is 0 Å². The molecule has 4 aliphatic rings. The van der Waals surface area contributed by atoms with Crippen molar-refractivity contribution in [1.82, 2.24) is 15.1 Å². The molecule has 4 heterocycles. The molecule has 8 nitrogen and oxygen atoms in total. The second-order valence-electron chi connectivity index (χ2n) is 9.99. The van der Waals surface area contributed by atoms with Crippen molar-refractivity contribution < 1.29 is 19.1 Å². The average molecular weight is 475 g/mol. The number of imide groups is 1. The molecule has 2 aromatic carbocycles. The summed E-state index contributed by atoms with van der Waals surface area (Å²) in [6.07, 6.45) is 1.67. The van der Waals surface area contributed by atoms with Gasteiger partial charge in [0.2, 0.25) is 11.8 Å². The molecular formula is C27H30N4O4. The van der Waals surface area contributed by atoms with E-state index in [1.165, 1.54) is 11.3 Å². The average Bonchev–Trinajstić information content (AvgIpc) is 3.41. The number of morpholine rings is 1. The Kier molecular flexibility index (Phi) is 5.78. The van der Waals surface area contributed by atoms with Gasteiger partial charge in [0.15, 0.2) is 0 Å². The summed E-state index contributed by atoms with van der Waals surface area (Å²) in [4.78, 5) is 41.1. The van der Waals surface area contributed by atoms with Gasteiger partial charge in [-0.3, -0.25) is 24.6 Å². The number of hydrogen-bond donors (Lipinski definition) is 2. The van der Waals surface area contributed by atoms with Crippen LogP contribution in [0.2, 0.25) is 0 Å². The van der Waals surface area contributed by atoms with E-state index >= 15 is 0 Å². The fraction of sp³-hybridized carbons (Fsp3) is 0.444. The van der Waals surface area contributed by atoms with Crippen LogP contribution in [0.25, 0.3) is 0 Å². The summed E-state index contributed by atoms with van der Waals surface area (Å²) in [5, 5.41) is 5.89. The van der Waals surface area contributed by atoms with Gasteiger partial charge in [-0.15, -0.1) is 0 Å². The number of nitrogens with zero attached hydrogens (tertiary/aromatic N) is 2. The van der Waals surface area contributed by atoms with Crippen molar-refractivity contribution in [3.63, 3.8) is 0 Å². The number of para-hydroxylation sites is 1. The summed E-state index contributed by atoms with van der Waals surface area (Å²) < 4.78 is 5.85. The van der Waals surface area contributed by atoms with E-state index in [9.17, 15) is 14.4 Å². The molecule has 0 aliphatic carbocycles. The van der Waals surface area contributed by atoms with Crippen molar-refractivity contribution in [1.29, 1.82) is 0 Å². The normalized spacial score (nSPS) is 26.3. The maximum atomic E-state index is 13.2. The molecule has 3 amide bonds. The Morgan fingerprint density at radius 3 is 2.86 bits per heavy atom. The van der Waals surface area contributed by atoms with Gasteiger partial charge in [0, 0.05) is 55.8 Å². The third-order valence-corrected chi connectivity index (χ3v) is 7.82. The van der Waals surface area contributed by atoms with E-state index in [2.05, 4.69) is 45.9 Å². The van der Waals surface area contributed by atoms with Crippen molar-refractivity contribution in [2.75, 3.05) is 31.6 Å². The Bertz CT molecular complexity index is 1180. The number of anilines is 1. The zero-order valence-electron chi connectivity index (χ0n) is 19.7. The van der Waals surface area contributed by atoms with Gasteiger partial charge in [-0.05, 0) is 41.7 Å². The molecule has 2 saturated heterocycles. The number of hydrogen-bond acceptors (Lipinski definition) is 6. The molecule has 0 spiro atoms. The highest BCUT2D eigenvalue weighted by atomic mass is 16.5. The number of amides is 3. The van der Waals surface area contributed by atoms with Gasteiger partial charge in [-0.25, -0.2) is 0 Å². The standard InChI is InChI=1S/C27H30N4O4/c32-25-8-7-24(26(33)29-25)31-15-18-6-5-17(11-22(18)27(31)34)14-30-9-10-35-16-20(30)12-19-13-28-23-4-2-1-3-21(19)23/h1-6,11,19-20,24,28H,7-10,12-16H2,(H,29,32,33). The zero-order valence-corrected chi connectivity index (χ0v) is 19.7. The highest BCUT2D eigenvalue weighted by molar-refractivity contribution is 6.05. The molecule has 35 heavy (non-hydrogen) atoms. The Morgan fingerprint density at radius 2 is 1.97 bits per heavy atom. The van der Waals surface area contributed by atoms with Crippen LogP contribution in [0.5, 0.6) is 0 Å². The number of fused-ring (bicyclic) bond motifs is 2. The van der Waals surface area contributed by atoms with E-state index in [1.54, 1.807) is 4.90 Å². The van der Waals surface area contributed by atoms with Crippen LogP contribution < -0.4 is 10.6 Å². The molecular weight excluding hydrogens is 444 g/mol. The molecule has 0 radical (unpaired) electrons. The van der Waals surface area contributed by atoms with E-state index < -0.39 is 6.04 Å². The lowest BCUT2D eigenvalue weighted by Gasteiger charge is -2.37. The van der Waals surface area contributed by atoms with Gasteiger partial charge in [-0.2, -0.15) is 0 Å². The zero-order chi connectivity index (χ0) is 23.9. The van der Waals surface area contributed by atoms with Gasteiger partial charge in [-0.1, -0.05) is 30.3 Å².